The van der Waals surface area contributed by atoms with E-state index in [-0.39, 0.29) is 18.2 Å². The number of aliphatic hydroxyl groups is 1. The van der Waals surface area contributed by atoms with Crippen molar-refractivity contribution >= 4 is 23.4 Å². The van der Waals surface area contributed by atoms with Crippen molar-refractivity contribution in [3.05, 3.63) is 70.3 Å². The zero-order valence-electron chi connectivity index (χ0n) is 20.5. The van der Waals surface area contributed by atoms with Gasteiger partial charge in [0.25, 0.3) is 0 Å². The van der Waals surface area contributed by atoms with Gasteiger partial charge in [-0.3, -0.25) is 0 Å². The second kappa shape index (κ2) is 13.0. The highest BCUT2D eigenvalue weighted by molar-refractivity contribution is 7.09. The van der Waals surface area contributed by atoms with Crippen molar-refractivity contribution in [1.82, 2.24) is 4.98 Å². The number of hydrogen-bond donors (Lipinski definition) is 1. The van der Waals surface area contributed by atoms with Crippen LogP contribution in [0.4, 0.5) is 0 Å². The fourth-order valence-corrected chi connectivity index (χ4v) is 5.00. The molecule has 184 valence electrons. The van der Waals surface area contributed by atoms with Crippen LogP contribution in [0.5, 0.6) is 0 Å². The Kier molecular flexibility index (Phi) is 10.1. The molecule has 5 atom stereocenters. The van der Waals surface area contributed by atoms with Crippen molar-refractivity contribution < 1.29 is 19.4 Å². The lowest BCUT2D eigenvalue weighted by molar-refractivity contribution is -0.141. The van der Waals surface area contributed by atoms with Gasteiger partial charge in [0, 0.05) is 17.9 Å². The summed E-state index contributed by atoms with van der Waals surface area (Å²) in [5.74, 6) is 0.0392. The number of rotatable bonds is 2. The number of ether oxygens (including phenoxy) is 2. The van der Waals surface area contributed by atoms with E-state index in [0.717, 1.165) is 41.1 Å². The molecule has 0 amide bonds. The Morgan fingerprint density at radius 1 is 1.21 bits per heavy atom. The average Bonchev–Trinajstić information content (AvgIpc) is 3.16. The highest BCUT2D eigenvalue weighted by Crippen LogP contribution is 2.26. The second-order valence-corrected chi connectivity index (χ2v) is 10.5. The molecule has 5 nitrogen and oxygen atoms in total. The molecule has 1 N–H and O–H groups in total. The minimum atomic E-state index is -0.612. The van der Waals surface area contributed by atoms with Crippen LogP contribution in [0.15, 0.2) is 59.6 Å². The molecule has 0 aromatic carbocycles. The van der Waals surface area contributed by atoms with Crippen LogP contribution in [-0.2, 0) is 14.3 Å². The summed E-state index contributed by atoms with van der Waals surface area (Å²) >= 11 is 1.58. The summed E-state index contributed by atoms with van der Waals surface area (Å²) in [5, 5.41) is 13.5. The Balaban J connectivity index is 1.76. The number of aliphatic hydroxyl groups excluding tert-OH is 1. The summed E-state index contributed by atoms with van der Waals surface area (Å²) in [7, 11) is 0. The van der Waals surface area contributed by atoms with Gasteiger partial charge in [-0.25, -0.2) is 9.78 Å². The zero-order chi connectivity index (χ0) is 24.5. The van der Waals surface area contributed by atoms with Gasteiger partial charge in [0.2, 0.25) is 0 Å². The minimum Gasteiger partial charge on any atom is -0.454 e. The quantitative estimate of drug-likeness (QED) is 0.406. The van der Waals surface area contributed by atoms with E-state index in [0.29, 0.717) is 25.2 Å². The third-order valence-electron chi connectivity index (χ3n) is 6.03. The van der Waals surface area contributed by atoms with E-state index in [1.54, 1.807) is 17.4 Å². The molecule has 6 heteroatoms. The molecule has 2 bridgehead atoms. The van der Waals surface area contributed by atoms with Gasteiger partial charge < -0.3 is 14.6 Å². The molecule has 0 radical (unpaired) electrons. The molecule has 34 heavy (non-hydrogen) atoms. The predicted molar refractivity (Wildman–Crippen MR) is 138 cm³/mol. The smallest absolute Gasteiger partial charge is 0.331 e. The van der Waals surface area contributed by atoms with Crippen molar-refractivity contribution in [2.24, 2.45) is 5.92 Å². The van der Waals surface area contributed by atoms with Gasteiger partial charge in [-0.2, -0.15) is 0 Å². The Morgan fingerprint density at radius 2 is 2.00 bits per heavy atom. The number of esters is 1. The molecule has 1 aromatic heterocycles. The van der Waals surface area contributed by atoms with Crippen LogP contribution in [0.3, 0.4) is 0 Å². The molecule has 0 aliphatic carbocycles. The lowest BCUT2D eigenvalue weighted by Crippen LogP contribution is -2.25. The number of carbonyl (C=O) groups excluding carboxylic acids is 1. The molecule has 2 aliphatic rings. The van der Waals surface area contributed by atoms with Crippen LogP contribution in [0.2, 0.25) is 0 Å². The van der Waals surface area contributed by atoms with Gasteiger partial charge in [0.15, 0.2) is 0 Å². The van der Waals surface area contributed by atoms with Gasteiger partial charge in [0.05, 0.1) is 29.0 Å². The van der Waals surface area contributed by atoms with Crippen LogP contribution in [0.25, 0.3) is 6.08 Å². The molecule has 3 heterocycles. The molecule has 0 spiro atoms. The van der Waals surface area contributed by atoms with Crippen LogP contribution >= 0.6 is 11.3 Å². The highest BCUT2D eigenvalue weighted by atomic mass is 32.1. The first kappa shape index (κ1) is 26.3. The third kappa shape index (κ3) is 8.82. The minimum absolute atomic E-state index is 0.0350. The van der Waals surface area contributed by atoms with Crippen molar-refractivity contribution in [3.8, 4) is 0 Å². The van der Waals surface area contributed by atoms with Crippen molar-refractivity contribution in [2.75, 3.05) is 0 Å². The van der Waals surface area contributed by atoms with E-state index < -0.39 is 12.2 Å². The Morgan fingerprint density at radius 3 is 2.76 bits per heavy atom. The summed E-state index contributed by atoms with van der Waals surface area (Å²) in [5.41, 5.74) is 2.80. The lowest BCUT2D eigenvalue weighted by atomic mass is 9.91. The molecular weight excluding hydrogens is 446 g/mol. The van der Waals surface area contributed by atoms with Crippen LogP contribution < -0.4 is 0 Å². The monoisotopic (exact) mass is 483 g/mol. The number of hydrogen-bond acceptors (Lipinski definition) is 6. The highest BCUT2D eigenvalue weighted by Gasteiger charge is 2.21. The van der Waals surface area contributed by atoms with Gasteiger partial charge >= 0.3 is 5.97 Å². The fraction of sp³-hybridized carbons (Fsp3) is 0.500. The van der Waals surface area contributed by atoms with Crippen molar-refractivity contribution in [2.45, 2.75) is 83.7 Å². The summed E-state index contributed by atoms with van der Waals surface area (Å²) < 4.78 is 12.0. The maximum absolute atomic E-state index is 12.6. The standard InChI is InChI=1S/C28H37NO4S/c1-19-14-20(2)16-26-11-6-9-25(32-26)10-7-13-28(31)33-27(12-5-8-24(30)15-19)21(3)17-23-18-34-22(4)29-23/h5-9,13,17-18,20,24-27,30H,1,10-12,14-16H2,2-4H3/b8-5-,13-7-,21-17+. The maximum Gasteiger partial charge on any atom is 0.331 e. The van der Waals surface area contributed by atoms with E-state index in [1.807, 2.05) is 37.5 Å². The lowest BCUT2D eigenvalue weighted by Gasteiger charge is -2.28. The number of aromatic nitrogens is 1. The second-order valence-electron chi connectivity index (χ2n) is 9.43. The number of aryl methyl sites for hydroxylation is 1. The van der Waals surface area contributed by atoms with Crippen LogP contribution in [-0.4, -0.2) is 40.5 Å². The first-order chi connectivity index (χ1) is 16.3. The van der Waals surface area contributed by atoms with E-state index in [9.17, 15) is 9.90 Å². The van der Waals surface area contributed by atoms with Gasteiger partial charge in [-0.1, -0.05) is 49.5 Å². The van der Waals surface area contributed by atoms with Crippen LogP contribution in [0, 0.1) is 12.8 Å². The number of cyclic esters (lactones) is 1. The van der Waals surface area contributed by atoms with Crippen molar-refractivity contribution in [3.63, 3.8) is 0 Å². The third-order valence-corrected chi connectivity index (χ3v) is 6.82. The molecule has 2 aliphatic heterocycles. The van der Waals surface area contributed by atoms with Crippen LogP contribution in [0.1, 0.15) is 63.1 Å². The molecule has 0 fully saturated rings. The van der Waals surface area contributed by atoms with E-state index in [4.69, 9.17) is 9.47 Å². The molecular formula is C28H37NO4S. The first-order valence-electron chi connectivity index (χ1n) is 12.1. The number of thiazole rings is 1. The topological polar surface area (TPSA) is 68.7 Å². The zero-order valence-corrected chi connectivity index (χ0v) is 21.3. The first-order valence-corrected chi connectivity index (χ1v) is 13.0. The summed E-state index contributed by atoms with van der Waals surface area (Å²) in [6, 6.07) is 0. The predicted octanol–water partition coefficient (Wildman–Crippen LogP) is 6.11. The van der Waals surface area contributed by atoms with E-state index in [1.165, 1.54) is 6.08 Å². The van der Waals surface area contributed by atoms with Crippen molar-refractivity contribution in [1.29, 1.82) is 0 Å². The van der Waals surface area contributed by atoms with Gasteiger partial charge in [0.1, 0.15) is 6.10 Å². The Labute approximate surface area is 207 Å². The Hall–Kier alpha value is -2.28. The molecule has 3 rings (SSSR count). The van der Waals surface area contributed by atoms with E-state index >= 15 is 0 Å². The number of fused-ring (bicyclic) bond motifs is 2. The van der Waals surface area contributed by atoms with Gasteiger partial charge in [-0.05, 0) is 63.5 Å². The molecule has 0 saturated heterocycles. The van der Waals surface area contributed by atoms with E-state index in [2.05, 4.69) is 30.6 Å². The number of carbonyl (C=O) groups is 1. The fourth-order valence-electron chi connectivity index (χ4n) is 4.42. The Bertz CT molecular complexity index is 957. The van der Waals surface area contributed by atoms with Gasteiger partial charge in [-0.15, -0.1) is 11.3 Å². The normalized spacial score (nSPS) is 31.9. The molecule has 0 saturated carbocycles. The summed E-state index contributed by atoms with van der Waals surface area (Å²) in [6.07, 6.45) is 16.6. The summed E-state index contributed by atoms with van der Waals surface area (Å²) in [4.78, 5) is 17.1. The summed E-state index contributed by atoms with van der Waals surface area (Å²) in [6.45, 7) is 10.3. The molecule has 5 unspecified atom stereocenters. The number of nitrogens with zero attached hydrogens (tertiary/aromatic N) is 1. The maximum atomic E-state index is 12.6. The SMILES string of the molecule is C=C1CC(O)/C=C\CC(/C(C)=C/c2csc(C)n2)OC(=O)/C=C\CC2C=CCC(CC(C)C1)O2. The molecule has 1 aromatic rings. The largest absolute Gasteiger partial charge is 0.454 e. The average molecular weight is 484 g/mol.